The third-order valence-corrected chi connectivity index (χ3v) is 2.37. The van der Waals surface area contributed by atoms with Gasteiger partial charge in [0, 0.05) is 18.1 Å². The highest BCUT2D eigenvalue weighted by Gasteiger charge is 2.07. The van der Waals surface area contributed by atoms with Gasteiger partial charge in [0.2, 0.25) is 0 Å². The van der Waals surface area contributed by atoms with Gasteiger partial charge in [-0.1, -0.05) is 0 Å². The van der Waals surface area contributed by atoms with Crippen molar-refractivity contribution in [2.24, 2.45) is 12.8 Å². The van der Waals surface area contributed by atoms with Gasteiger partial charge in [-0.2, -0.15) is 0 Å². The van der Waals surface area contributed by atoms with E-state index >= 15 is 0 Å². The second-order valence-electron chi connectivity index (χ2n) is 3.32. The van der Waals surface area contributed by atoms with E-state index in [0.717, 1.165) is 16.7 Å². The van der Waals surface area contributed by atoms with E-state index in [-0.39, 0.29) is 0 Å². The van der Waals surface area contributed by atoms with Crippen molar-refractivity contribution in [2.75, 3.05) is 0 Å². The molecule has 2 aromatic heterocycles. The summed E-state index contributed by atoms with van der Waals surface area (Å²) in [7, 11) is 1.91. The minimum Gasteiger partial charge on any atom is -0.364 e. The average Bonchev–Trinajstić information content (AvgIpc) is 2.43. The molecule has 0 unspecified atom stereocenters. The number of fused-ring (bicyclic) bond motifs is 1. The summed E-state index contributed by atoms with van der Waals surface area (Å²) in [5.74, 6) is -0.495. The molecule has 4 heteroatoms. The number of hydrogen-bond acceptors (Lipinski definition) is 2. The molecule has 1 amide bonds. The van der Waals surface area contributed by atoms with Crippen molar-refractivity contribution in [3.05, 3.63) is 29.6 Å². The fourth-order valence-corrected chi connectivity index (χ4v) is 1.47. The van der Waals surface area contributed by atoms with Gasteiger partial charge in [-0.25, -0.2) is 4.98 Å². The van der Waals surface area contributed by atoms with Crippen molar-refractivity contribution in [3.63, 3.8) is 0 Å². The Bertz CT molecular complexity index is 513. The number of aryl methyl sites for hydroxylation is 2. The van der Waals surface area contributed by atoms with Gasteiger partial charge in [0.1, 0.15) is 11.3 Å². The summed E-state index contributed by atoms with van der Waals surface area (Å²) in [5.41, 5.74) is 7.35. The first-order chi connectivity index (χ1) is 6.59. The molecule has 4 nitrogen and oxygen atoms in total. The lowest BCUT2D eigenvalue weighted by Gasteiger charge is -1.99. The van der Waals surface area contributed by atoms with E-state index in [1.54, 1.807) is 6.07 Å². The van der Waals surface area contributed by atoms with Gasteiger partial charge < -0.3 is 10.3 Å². The van der Waals surface area contributed by atoms with Crippen LogP contribution in [0.25, 0.3) is 11.0 Å². The van der Waals surface area contributed by atoms with Crippen LogP contribution in [0.1, 0.15) is 16.2 Å². The molecule has 0 spiro atoms. The quantitative estimate of drug-likeness (QED) is 0.726. The molecule has 14 heavy (non-hydrogen) atoms. The van der Waals surface area contributed by atoms with Crippen molar-refractivity contribution in [1.29, 1.82) is 0 Å². The normalized spacial score (nSPS) is 10.7. The second-order valence-corrected chi connectivity index (χ2v) is 3.32. The number of pyridine rings is 1. The van der Waals surface area contributed by atoms with Gasteiger partial charge in [0.15, 0.2) is 0 Å². The second kappa shape index (κ2) is 2.83. The average molecular weight is 189 g/mol. The van der Waals surface area contributed by atoms with Crippen molar-refractivity contribution in [1.82, 2.24) is 9.55 Å². The van der Waals surface area contributed by atoms with E-state index in [2.05, 4.69) is 4.98 Å². The summed E-state index contributed by atoms with van der Waals surface area (Å²) in [6.07, 6.45) is 0. The fourth-order valence-electron chi connectivity index (χ4n) is 1.47. The summed E-state index contributed by atoms with van der Waals surface area (Å²) < 4.78 is 1.93. The molecule has 2 aromatic rings. The van der Waals surface area contributed by atoms with E-state index in [4.69, 9.17) is 5.73 Å². The number of carbonyl (C=O) groups excluding carboxylic acids is 1. The molecule has 0 aromatic carbocycles. The van der Waals surface area contributed by atoms with Crippen molar-refractivity contribution in [2.45, 2.75) is 6.92 Å². The maximum Gasteiger partial charge on any atom is 0.267 e. The van der Waals surface area contributed by atoms with E-state index in [0.29, 0.717) is 5.69 Å². The minimum atomic E-state index is -0.495. The molecule has 0 atom stereocenters. The molecule has 2 rings (SSSR count). The molecule has 0 radical (unpaired) electrons. The predicted octanol–water partition coefficient (Wildman–Crippen LogP) is 0.981. The van der Waals surface area contributed by atoms with Crippen LogP contribution < -0.4 is 5.73 Å². The number of carbonyl (C=O) groups is 1. The van der Waals surface area contributed by atoms with E-state index in [1.165, 1.54) is 0 Å². The highest BCUT2D eigenvalue weighted by atomic mass is 16.1. The first-order valence-corrected chi connectivity index (χ1v) is 4.32. The lowest BCUT2D eigenvalue weighted by atomic mass is 10.3. The van der Waals surface area contributed by atoms with Gasteiger partial charge >= 0.3 is 0 Å². The Kier molecular flexibility index (Phi) is 1.77. The smallest absolute Gasteiger partial charge is 0.267 e. The van der Waals surface area contributed by atoms with Crippen LogP contribution in [0.2, 0.25) is 0 Å². The SMILES string of the molecule is Cc1cc2ccc(C(N)=O)nc2n1C. The molecule has 0 aliphatic rings. The number of primary amides is 1. The van der Waals surface area contributed by atoms with Crippen LogP contribution in [-0.2, 0) is 7.05 Å². The number of nitrogens with two attached hydrogens (primary N) is 1. The summed E-state index contributed by atoms with van der Waals surface area (Å²) in [6.45, 7) is 1.99. The molecule has 0 aliphatic carbocycles. The Morgan fingerprint density at radius 1 is 1.50 bits per heavy atom. The van der Waals surface area contributed by atoms with Gasteiger partial charge in [-0.3, -0.25) is 4.79 Å². The largest absolute Gasteiger partial charge is 0.364 e. The third-order valence-electron chi connectivity index (χ3n) is 2.37. The molecular formula is C10H11N3O. The topological polar surface area (TPSA) is 60.9 Å². The Labute approximate surface area is 81.3 Å². The van der Waals surface area contributed by atoms with Crippen molar-refractivity contribution in [3.8, 4) is 0 Å². The fraction of sp³-hybridized carbons (Fsp3) is 0.200. The third kappa shape index (κ3) is 1.16. The molecule has 0 saturated carbocycles. The first-order valence-electron chi connectivity index (χ1n) is 4.32. The van der Waals surface area contributed by atoms with Crippen LogP contribution in [0, 0.1) is 6.92 Å². The van der Waals surface area contributed by atoms with Crippen molar-refractivity contribution < 1.29 is 4.79 Å². The van der Waals surface area contributed by atoms with E-state index in [9.17, 15) is 4.79 Å². The zero-order valence-corrected chi connectivity index (χ0v) is 8.11. The zero-order chi connectivity index (χ0) is 10.3. The highest BCUT2D eigenvalue weighted by molar-refractivity contribution is 5.93. The predicted molar refractivity (Wildman–Crippen MR) is 54.0 cm³/mol. The Morgan fingerprint density at radius 3 is 2.86 bits per heavy atom. The van der Waals surface area contributed by atoms with Gasteiger partial charge in [0.05, 0.1) is 0 Å². The summed E-state index contributed by atoms with van der Waals surface area (Å²) >= 11 is 0. The highest BCUT2D eigenvalue weighted by Crippen LogP contribution is 2.16. The Hall–Kier alpha value is -1.84. The standard InChI is InChI=1S/C10H11N3O/c1-6-5-7-3-4-8(9(11)14)12-10(7)13(6)2/h3-5H,1-2H3,(H2,11,14). The molecule has 72 valence electrons. The molecule has 0 fully saturated rings. The molecule has 2 heterocycles. The van der Waals surface area contributed by atoms with Gasteiger partial charge in [0.25, 0.3) is 5.91 Å². The Balaban J connectivity index is 2.76. The van der Waals surface area contributed by atoms with Crippen molar-refractivity contribution >= 4 is 16.9 Å². The lowest BCUT2D eigenvalue weighted by molar-refractivity contribution is 0.0996. The van der Waals surface area contributed by atoms with Crippen LogP contribution >= 0.6 is 0 Å². The Morgan fingerprint density at radius 2 is 2.21 bits per heavy atom. The number of nitrogens with zero attached hydrogens (tertiary/aromatic N) is 2. The summed E-state index contributed by atoms with van der Waals surface area (Å²) in [6, 6.07) is 5.52. The molecule has 0 aliphatic heterocycles. The maximum atomic E-state index is 10.9. The molecular weight excluding hydrogens is 178 g/mol. The van der Waals surface area contributed by atoms with Crippen LogP contribution in [0.4, 0.5) is 0 Å². The van der Waals surface area contributed by atoms with E-state index < -0.39 is 5.91 Å². The van der Waals surface area contributed by atoms with Crippen LogP contribution in [0.15, 0.2) is 18.2 Å². The van der Waals surface area contributed by atoms with Crippen LogP contribution in [0.3, 0.4) is 0 Å². The minimum absolute atomic E-state index is 0.304. The number of hydrogen-bond donors (Lipinski definition) is 1. The molecule has 0 bridgehead atoms. The van der Waals surface area contributed by atoms with Gasteiger partial charge in [-0.15, -0.1) is 0 Å². The number of amides is 1. The molecule has 2 N–H and O–H groups in total. The van der Waals surface area contributed by atoms with E-state index in [1.807, 2.05) is 30.7 Å². The zero-order valence-electron chi connectivity index (χ0n) is 8.11. The number of aromatic nitrogens is 2. The first kappa shape index (κ1) is 8.74. The number of rotatable bonds is 1. The lowest BCUT2D eigenvalue weighted by Crippen LogP contribution is -2.13. The summed E-state index contributed by atoms with van der Waals surface area (Å²) in [4.78, 5) is 15.1. The van der Waals surface area contributed by atoms with Crippen LogP contribution in [0.5, 0.6) is 0 Å². The van der Waals surface area contributed by atoms with Crippen LogP contribution in [-0.4, -0.2) is 15.5 Å². The summed E-state index contributed by atoms with van der Waals surface area (Å²) in [5, 5.41) is 1.02. The molecule has 0 saturated heterocycles. The maximum absolute atomic E-state index is 10.9. The monoisotopic (exact) mass is 189 g/mol. The van der Waals surface area contributed by atoms with Gasteiger partial charge in [-0.05, 0) is 25.1 Å².